The van der Waals surface area contributed by atoms with E-state index in [1.807, 2.05) is 6.20 Å². The minimum Gasteiger partial charge on any atom is -0.481 e. The van der Waals surface area contributed by atoms with Crippen molar-refractivity contribution in [3.05, 3.63) is 17.7 Å². The maximum absolute atomic E-state index is 11.5. The second-order valence-electron chi connectivity index (χ2n) is 18.5. The summed E-state index contributed by atoms with van der Waals surface area (Å²) in [5.74, 6) is -0.0216. The zero-order valence-corrected chi connectivity index (χ0v) is 39.1. The molecule has 1 aromatic heterocycles. The van der Waals surface area contributed by atoms with Gasteiger partial charge in [-0.25, -0.2) is 4.98 Å². The van der Waals surface area contributed by atoms with Crippen molar-refractivity contribution in [2.24, 2.45) is 0 Å². The Morgan fingerprint density at radius 1 is 0.404 bits per heavy atom. The van der Waals surface area contributed by atoms with Crippen LogP contribution >= 0.6 is 0 Å². The number of carboxylic acid groups (broad SMARTS) is 1. The molecule has 0 fully saturated rings. The molecule has 0 bridgehead atoms. The van der Waals surface area contributed by atoms with Gasteiger partial charge in [-0.1, -0.05) is 284 Å². The molecule has 0 aromatic carbocycles. The highest BCUT2D eigenvalue weighted by atomic mass is 16.4. The Labute approximate surface area is 357 Å². The molecule has 0 saturated carbocycles. The third kappa shape index (κ3) is 37.4. The third-order valence-corrected chi connectivity index (χ3v) is 12.9. The van der Waals surface area contributed by atoms with Crippen LogP contribution in [0.25, 0.3) is 0 Å². The zero-order valence-electron chi connectivity index (χ0n) is 39.1. The van der Waals surface area contributed by atoms with Crippen molar-refractivity contribution < 1.29 is 9.90 Å². The van der Waals surface area contributed by atoms with Crippen LogP contribution in [0.3, 0.4) is 0 Å². The van der Waals surface area contributed by atoms with Crippen LogP contribution in [-0.2, 0) is 24.2 Å². The van der Waals surface area contributed by atoms with Gasteiger partial charge in [0.1, 0.15) is 12.2 Å². The Balaban J connectivity index is 1.95. The number of nitrogens with zero attached hydrogens (tertiary/aromatic N) is 2. The van der Waals surface area contributed by atoms with Gasteiger partial charge in [-0.2, -0.15) is 0 Å². The lowest BCUT2D eigenvalue weighted by atomic mass is 10.0. The molecule has 1 aromatic rings. The van der Waals surface area contributed by atoms with Gasteiger partial charge in [-0.05, 0) is 19.3 Å². The molecule has 0 spiro atoms. The van der Waals surface area contributed by atoms with Crippen LogP contribution in [0.4, 0.5) is 0 Å². The van der Waals surface area contributed by atoms with Crippen molar-refractivity contribution in [2.75, 3.05) is 0 Å². The summed E-state index contributed by atoms with van der Waals surface area (Å²) in [5.41, 5.74) is 1.25. The summed E-state index contributed by atoms with van der Waals surface area (Å²) >= 11 is 0. The number of rotatable bonds is 48. The predicted molar refractivity (Wildman–Crippen MR) is 252 cm³/mol. The number of carboxylic acids is 1. The summed E-state index contributed by atoms with van der Waals surface area (Å²) in [6.45, 7) is 5.53. The smallest absolute Gasteiger partial charge is 0.311 e. The molecule has 336 valence electrons. The molecule has 0 unspecified atom stereocenters. The van der Waals surface area contributed by atoms with E-state index in [4.69, 9.17) is 0 Å². The quantitative estimate of drug-likeness (QED) is 0.0668. The average molecular weight is 799 g/mol. The van der Waals surface area contributed by atoms with Gasteiger partial charge in [0, 0.05) is 18.4 Å². The first-order valence-corrected chi connectivity index (χ1v) is 26.4. The van der Waals surface area contributed by atoms with E-state index >= 15 is 0 Å². The largest absolute Gasteiger partial charge is 0.481 e. The molecule has 0 aliphatic heterocycles. The van der Waals surface area contributed by atoms with Crippen LogP contribution in [0.5, 0.6) is 0 Å². The fourth-order valence-electron chi connectivity index (χ4n) is 9.00. The normalized spacial score (nSPS) is 11.6. The number of aromatic nitrogens is 2. The van der Waals surface area contributed by atoms with Crippen LogP contribution in [0.1, 0.15) is 308 Å². The van der Waals surface area contributed by atoms with Crippen LogP contribution < -0.4 is 0 Å². The molecule has 57 heavy (non-hydrogen) atoms. The maximum Gasteiger partial charge on any atom is 0.311 e. The van der Waals surface area contributed by atoms with Crippen LogP contribution in [0.15, 0.2) is 6.20 Å². The summed E-state index contributed by atoms with van der Waals surface area (Å²) in [7, 11) is 0. The molecule has 0 saturated heterocycles. The van der Waals surface area contributed by atoms with Gasteiger partial charge in [0.05, 0.1) is 0 Å². The number of hydrogen-bond acceptors (Lipinski definition) is 2. The highest BCUT2D eigenvalue weighted by Crippen LogP contribution is 2.19. The van der Waals surface area contributed by atoms with Crippen LogP contribution in [-0.4, -0.2) is 20.6 Å². The molecule has 4 nitrogen and oxygen atoms in total. The monoisotopic (exact) mass is 799 g/mol. The van der Waals surface area contributed by atoms with Gasteiger partial charge in [-0.3, -0.25) is 4.79 Å². The number of unbranched alkanes of at least 4 members (excludes halogenated alkanes) is 42. The lowest BCUT2D eigenvalue weighted by Crippen LogP contribution is -2.12. The predicted octanol–water partition coefficient (Wildman–Crippen LogP) is 18.3. The lowest BCUT2D eigenvalue weighted by Gasteiger charge is -2.12. The maximum atomic E-state index is 11.5. The first kappa shape index (κ1) is 53.7. The number of aliphatic carboxylic acids is 1. The summed E-state index contributed by atoms with van der Waals surface area (Å²) in [6, 6.07) is 0. The Morgan fingerprint density at radius 2 is 0.649 bits per heavy atom. The summed E-state index contributed by atoms with van der Waals surface area (Å²) in [6.07, 6.45) is 65.0. The fraction of sp³-hybridized carbons (Fsp3) is 0.925. The molecule has 0 aliphatic carbocycles. The number of aryl methyl sites for hydroxylation is 1. The van der Waals surface area contributed by atoms with Crippen molar-refractivity contribution in [1.82, 2.24) is 9.55 Å². The van der Waals surface area contributed by atoms with Crippen molar-refractivity contribution in [2.45, 2.75) is 316 Å². The minimum atomic E-state index is -0.771. The molecule has 1 heterocycles. The fourth-order valence-corrected chi connectivity index (χ4v) is 9.00. The number of imidazole rings is 1. The van der Waals surface area contributed by atoms with E-state index in [0.29, 0.717) is 0 Å². The molecule has 1 N–H and O–H groups in total. The average Bonchev–Trinajstić information content (AvgIpc) is 3.58. The summed E-state index contributed by atoms with van der Waals surface area (Å²) in [4.78, 5) is 16.1. The molecule has 0 aliphatic rings. The van der Waals surface area contributed by atoms with Crippen LogP contribution in [0.2, 0.25) is 0 Å². The van der Waals surface area contributed by atoms with Gasteiger partial charge in [0.2, 0.25) is 0 Å². The molecule has 1 rings (SSSR count). The first-order valence-electron chi connectivity index (χ1n) is 26.4. The Hall–Kier alpha value is -1.32. The van der Waals surface area contributed by atoms with Crippen molar-refractivity contribution in [3.8, 4) is 0 Å². The van der Waals surface area contributed by atoms with E-state index in [9.17, 15) is 9.90 Å². The van der Waals surface area contributed by atoms with E-state index in [1.165, 1.54) is 282 Å². The van der Waals surface area contributed by atoms with Gasteiger partial charge in [0.25, 0.3) is 0 Å². The molecule has 0 atom stereocenters. The second kappa shape index (κ2) is 44.2. The van der Waals surface area contributed by atoms with Gasteiger partial charge in [-0.15, -0.1) is 0 Å². The van der Waals surface area contributed by atoms with Crippen molar-refractivity contribution in [1.29, 1.82) is 0 Å². The van der Waals surface area contributed by atoms with Gasteiger partial charge < -0.3 is 9.67 Å². The molecular formula is C53H102N2O2. The topological polar surface area (TPSA) is 55.1 Å². The van der Waals surface area contributed by atoms with Crippen molar-refractivity contribution >= 4 is 5.97 Å². The molecule has 0 radical (unpaired) electrons. The third-order valence-electron chi connectivity index (χ3n) is 12.9. The number of hydrogen-bond donors (Lipinski definition) is 1. The first-order chi connectivity index (χ1) is 28.2. The minimum absolute atomic E-state index is 0.0403. The Kier molecular flexibility index (Phi) is 41.7. The molecule has 0 amide bonds. The Bertz CT molecular complexity index is 941. The van der Waals surface area contributed by atoms with E-state index in [0.717, 1.165) is 25.2 Å². The summed E-state index contributed by atoms with van der Waals surface area (Å²) < 4.78 is 2.25. The second-order valence-corrected chi connectivity index (χ2v) is 18.5. The van der Waals surface area contributed by atoms with E-state index in [2.05, 4.69) is 23.4 Å². The lowest BCUT2D eigenvalue weighted by molar-refractivity contribution is -0.136. The van der Waals surface area contributed by atoms with E-state index < -0.39 is 5.97 Å². The Morgan fingerprint density at radius 3 is 0.912 bits per heavy atom. The highest BCUT2D eigenvalue weighted by molar-refractivity contribution is 5.69. The molecule has 4 heteroatoms. The zero-order chi connectivity index (χ0) is 41.0. The molecular weight excluding hydrogens is 697 g/mol. The SMILES string of the molecule is CCCCCCCCCCCCCCCCCCCCCCCCc1cnc(CC(=O)O)n1CCCCCCCCCCCCCCCCCCCCCCCC. The standard InChI is InChI=1S/C53H102N2O2/c1-3-5-7-9-11-13-15-17-19-21-23-25-27-29-31-33-35-37-39-41-43-45-47-51-50-54-52(49-53(56)57)55(51)48-46-44-42-40-38-36-34-32-30-28-26-24-22-20-18-16-14-12-10-8-6-4-2/h50H,3-49H2,1-2H3,(H,56,57). The number of carbonyl (C=O) groups is 1. The highest BCUT2D eigenvalue weighted by Gasteiger charge is 2.13. The van der Waals surface area contributed by atoms with Gasteiger partial charge in [0.15, 0.2) is 0 Å². The summed E-state index contributed by atoms with van der Waals surface area (Å²) in [5, 5.41) is 9.46. The van der Waals surface area contributed by atoms with Crippen molar-refractivity contribution in [3.63, 3.8) is 0 Å². The van der Waals surface area contributed by atoms with Crippen LogP contribution in [0, 0.1) is 0 Å². The van der Waals surface area contributed by atoms with E-state index in [-0.39, 0.29) is 6.42 Å². The van der Waals surface area contributed by atoms with Gasteiger partial charge >= 0.3 is 5.97 Å². The van der Waals surface area contributed by atoms with E-state index in [1.54, 1.807) is 0 Å².